The normalized spacial score (nSPS) is 31.1. The van der Waals surface area contributed by atoms with E-state index in [2.05, 4.69) is 28.2 Å². The van der Waals surface area contributed by atoms with Gasteiger partial charge in [-0.2, -0.15) is 19.0 Å². The molecular formula is C13H17FN5O12P3. The van der Waals surface area contributed by atoms with Crippen LogP contribution < -0.4 is 0 Å². The van der Waals surface area contributed by atoms with Gasteiger partial charge in [0.05, 0.1) is 18.5 Å². The minimum Gasteiger partial charge on any atom is -0.387 e. The largest absolute Gasteiger partial charge is 0.490 e. The third-order valence-electron chi connectivity index (χ3n) is 4.74. The van der Waals surface area contributed by atoms with E-state index in [1.54, 1.807) is 13.0 Å². The second-order valence-electron chi connectivity index (χ2n) is 7.08. The van der Waals surface area contributed by atoms with E-state index < -0.39 is 53.6 Å². The molecule has 0 spiro atoms. The second kappa shape index (κ2) is 8.75. The molecule has 0 aromatic carbocycles. The van der Waals surface area contributed by atoms with E-state index in [1.165, 1.54) is 0 Å². The van der Waals surface area contributed by atoms with Crippen LogP contribution >= 0.6 is 23.5 Å². The maximum Gasteiger partial charge on any atom is 0.490 e. The molecule has 2 aromatic heterocycles. The Balaban J connectivity index is 1.86. The van der Waals surface area contributed by atoms with Crippen molar-refractivity contribution in [2.24, 2.45) is 0 Å². The van der Waals surface area contributed by atoms with E-state index in [0.29, 0.717) is 5.69 Å². The fourth-order valence-corrected chi connectivity index (χ4v) is 6.26. The number of nitriles is 1. The van der Waals surface area contributed by atoms with Crippen LogP contribution in [0.2, 0.25) is 0 Å². The van der Waals surface area contributed by atoms with Crippen LogP contribution in [0.5, 0.6) is 0 Å². The van der Waals surface area contributed by atoms with Gasteiger partial charge in [0, 0.05) is 0 Å². The molecule has 6 atom stereocenters. The Morgan fingerprint density at radius 2 is 1.88 bits per heavy atom. The zero-order valence-electron chi connectivity index (χ0n) is 17.1. The summed E-state index contributed by atoms with van der Waals surface area (Å²) in [5.74, 6) is 0. The van der Waals surface area contributed by atoms with Gasteiger partial charge < -0.3 is 29.4 Å². The highest BCUT2D eigenvalue weighted by Gasteiger charge is 2.67. The zero-order valence-corrected chi connectivity index (χ0v) is 19.7. The topological polar surface area (TPSA) is 256 Å². The molecule has 0 amide bonds. The lowest BCUT2D eigenvalue weighted by Gasteiger charge is -2.30. The molecule has 5 N–H and O–H groups in total. The number of alkyl halides is 1. The van der Waals surface area contributed by atoms with Gasteiger partial charge in [0.2, 0.25) is 5.60 Å². The number of hydrogen-bond acceptors (Lipinski definition) is 12. The van der Waals surface area contributed by atoms with Gasteiger partial charge in [-0.3, -0.25) is 4.52 Å². The van der Waals surface area contributed by atoms with E-state index in [9.17, 15) is 33.9 Å². The van der Waals surface area contributed by atoms with Gasteiger partial charge >= 0.3 is 23.5 Å². The maximum atomic E-state index is 15.8. The summed E-state index contributed by atoms with van der Waals surface area (Å²) >= 11 is 0. The lowest BCUT2D eigenvalue weighted by atomic mass is 9.82. The number of imidazole rings is 1. The highest BCUT2D eigenvalue weighted by atomic mass is 31.3. The van der Waals surface area contributed by atoms with Crippen molar-refractivity contribution >= 4 is 29.1 Å². The lowest BCUT2D eigenvalue weighted by Crippen LogP contribution is -2.48. The maximum absolute atomic E-state index is 15.8. The van der Waals surface area contributed by atoms with Crippen LogP contribution in [0.4, 0.5) is 4.39 Å². The second-order valence-corrected chi connectivity index (χ2v) is 11.5. The van der Waals surface area contributed by atoms with Gasteiger partial charge in [0.15, 0.2) is 11.3 Å². The van der Waals surface area contributed by atoms with Crippen molar-refractivity contribution < 1.29 is 60.6 Å². The molecule has 3 rings (SSSR count). The minimum absolute atomic E-state index is 0.151. The van der Waals surface area contributed by atoms with E-state index in [4.69, 9.17) is 14.5 Å². The predicted octanol–water partition coefficient (Wildman–Crippen LogP) is -0.0172. The predicted molar refractivity (Wildman–Crippen MR) is 103 cm³/mol. The Labute approximate surface area is 189 Å². The van der Waals surface area contributed by atoms with Crippen LogP contribution in [-0.4, -0.2) is 68.7 Å². The number of ether oxygens (including phenoxy) is 1. The third-order valence-corrected chi connectivity index (χ3v) is 8.54. The average Bonchev–Trinajstić information content (AvgIpc) is 3.17. The van der Waals surface area contributed by atoms with Gasteiger partial charge in [-0.05, 0) is 13.8 Å². The summed E-state index contributed by atoms with van der Waals surface area (Å²) < 4.78 is 67.8. The van der Waals surface area contributed by atoms with Gasteiger partial charge in [0.25, 0.3) is 0 Å². The first kappa shape index (κ1) is 26.9. The van der Waals surface area contributed by atoms with Crippen molar-refractivity contribution in [2.75, 3.05) is 6.61 Å². The molecule has 0 saturated carbocycles. The number of halogens is 1. The number of phosphoric ester groups is 1. The van der Waals surface area contributed by atoms with Crippen LogP contribution in [0.3, 0.4) is 0 Å². The first-order valence-corrected chi connectivity index (χ1v) is 13.4. The number of aliphatic hydroxyl groups is 1. The molecule has 0 bridgehead atoms. The highest BCUT2D eigenvalue weighted by Crippen LogP contribution is 2.66. The minimum atomic E-state index is -5.80. The molecule has 1 fully saturated rings. The van der Waals surface area contributed by atoms with Crippen LogP contribution in [0, 0.1) is 18.3 Å². The molecule has 2 aromatic rings. The standard InChI is InChI=1S/C13H17FN5O12P3/c1-7-11-16-3-9(19(11)18-6-17-7)13(5-15)12(2,14)10(20)8(29-13)4-28-33(24,25)31-34(26,27)30-32(21,22)23/h3,6,8,10,20H,4H2,1-2H3,(H,24,25)(H,26,27)(H2,21,22,23)/t8-,10-,12-,13+/m1/s1. The number of nitrogens with zero attached hydrogens (tertiary/aromatic N) is 5. The fraction of sp³-hybridized carbons (Fsp3) is 0.538. The summed E-state index contributed by atoms with van der Waals surface area (Å²) in [6.45, 7) is 1.20. The molecule has 1 aliphatic rings. The van der Waals surface area contributed by atoms with Crippen molar-refractivity contribution in [3.8, 4) is 6.07 Å². The average molecular weight is 547 g/mol. The molecule has 1 aliphatic heterocycles. The third kappa shape index (κ3) is 4.98. The molecule has 188 valence electrons. The highest BCUT2D eigenvalue weighted by molar-refractivity contribution is 7.66. The molecule has 34 heavy (non-hydrogen) atoms. The molecule has 21 heteroatoms. The number of aryl methyl sites for hydroxylation is 1. The monoisotopic (exact) mass is 547 g/mol. The van der Waals surface area contributed by atoms with Crippen molar-refractivity contribution in [3.05, 3.63) is 23.9 Å². The van der Waals surface area contributed by atoms with E-state index in [1.807, 2.05) is 0 Å². The SMILES string of the molecule is Cc1ncnn2c([C@]3(C#N)O[C@H](COP(=O)(O)OP(=O)(O)OP(=O)(O)O)[C@@H](O)[C@@]3(C)F)cnc12. The molecule has 1 saturated heterocycles. The van der Waals surface area contributed by atoms with Crippen LogP contribution in [-0.2, 0) is 37.2 Å². The summed E-state index contributed by atoms with van der Waals surface area (Å²) in [5.41, 5.74) is -5.16. The number of phosphoric acid groups is 3. The van der Waals surface area contributed by atoms with Gasteiger partial charge in [-0.25, -0.2) is 32.6 Å². The van der Waals surface area contributed by atoms with Crippen molar-refractivity contribution in [3.63, 3.8) is 0 Å². The Hall–Kier alpha value is -1.70. The molecule has 17 nitrogen and oxygen atoms in total. The number of hydrogen-bond donors (Lipinski definition) is 5. The summed E-state index contributed by atoms with van der Waals surface area (Å²) in [4.78, 5) is 43.8. The fourth-order valence-electron chi connectivity index (χ4n) is 3.24. The lowest BCUT2D eigenvalue weighted by molar-refractivity contribution is -0.0712. The number of fused-ring (bicyclic) bond motifs is 1. The first-order chi connectivity index (χ1) is 15.4. The molecular weight excluding hydrogens is 530 g/mol. The van der Waals surface area contributed by atoms with E-state index in [0.717, 1.165) is 24.0 Å². The van der Waals surface area contributed by atoms with Gasteiger partial charge in [-0.15, -0.1) is 0 Å². The number of rotatable bonds is 8. The van der Waals surface area contributed by atoms with Crippen molar-refractivity contribution in [2.45, 2.75) is 37.3 Å². The van der Waals surface area contributed by atoms with Crippen LogP contribution in [0.15, 0.2) is 12.5 Å². The molecule has 3 heterocycles. The summed E-state index contributed by atoms with van der Waals surface area (Å²) in [6.07, 6.45) is -1.82. The molecule has 2 unspecified atom stereocenters. The smallest absolute Gasteiger partial charge is 0.387 e. The van der Waals surface area contributed by atoms with Gasteiger partial charge in [-0.1, -0.05) is 0 Å². The summed E-state index contributed by atoms with van der Waals surface area (Å²) in [7, 11) is -17.0. The Morgan fingerprint density at radius 3 is 2.47 bits per heavy atom. The van der Waals surface area contributed by atoms with Crippen LogP contribution in [0.1, 0.15) is 18.3 Å². The zero-order chi connectivity index (χ0) is 25.7. The van der Waals surface area contributed by atoms with Crippen molar-refractivity contribution in [1.29, 1.82) is 5.26 Å². The summed E-state index contributed by atoms with van der Waals surface area (Å²) in [5, 5.41) is 24.2. The van der Waals surface area contributed by atoms with Gasteiger partial charge in [0.1, 0.15) is 30.3 Å². The number of aromatic nitrogens is 4. The van der Waals surface area contributed by atoms with Crippen LogP contribution in [0.25, 0.3) is 5.65 Å². The molecule has 0 radical (unpaired) electrons. The van der Waals surface area contributed by atoms with Crippen molar-refractivity contribution in [1.82, 2.24) is 19.6 Å². The quantitative estimate of drug-likeness (QED) is 0.272. The number of aliphatic hydroxyl groups excluding tert-OH is 1. The Kier molecular flexibility index (Phi) is 6.92. The van der Waals surface area contributed by atoms with E-state index >= 15 is 4.39 Å². The first-order valence-electron chi connectivity index (χ1n) is 8.85. The summed E-state index contributed by atoms with van der Waals surface area (Å²) in [6, 6.07) is 1.62. The van der Waals surface area contributed by atoms with E-state index in [-0.39, 0.29) is 11.3 Å². The Bertz CT molecular complexity index is 1290. The Morgan fingerprint density at radius 1 is 1.24 bits per heavy atom. The molecule has 0 aliphatic carbocycles.